The Labute approximate surface area is 166 Å². The van der Waals surface area contributed by atoms with Crippen molar-refractivity contribution >= 4 is 42.1 Å². The normalized spacial score (nSPS) is 13.6. The van der Waals surface area contributed by atoms with E-state index in [-0.39, 0.29) is 10.8 Å². The molecule has 6 heteroatoms. The first-order valence-electron chi connectivity index (χ1n) is 9.12. The van der Waals surface area contributed by atoms with E-state index in [0.717, 1.165) is 6.42 Å². The Balaban J connectivity index is 2.35. The van der Waals surface area contributed by atoms with E-state index < -0.39 is 20.1 Å². The summed E-state index contributed by atoms with van der Waals surface area (Å²) in [6.07, 6.45) is 0.934. The molecule has 4 nitrogen and oxygen atoms in total. The van der Waals surface area contributed by atoms with Gasteiger partial charge in [0.1, 0.15) is 14.1 Å². The van der Waals surface area contributed by atoms with Crippen LogP contribution in [0.3, 0.4) is 0 Å². The maximum atomic E-state index is 11.5. The highest BCUT2D eigenvalue weighted by Gasteiger charge is 2.40. The molecular weight excluding hydrogens is 374 g/mol. The lowest BCUT2D eigenvalue weighted by atomic mass is 10.3. The number of rotatable bonds is 9. The van der Waals surface area contributed by atoms with Gasteiger partial charge >= 0.3 is 5.97 Å². The minimum Gasteiger partial charge on any atom is -0.480 e. The van der Waals surface area contributed by atoms with Crippen LogP contribution in [0.25, 0.3) is 0 Å². The Kier molecular flexibility index (Phi) is 7.68. The molecule has 0 aliphatic rings. The average molecular weight is 402 g/mol. The number of hydrogen-bond donors (Lipinski definition) is 2. The van der Waals surface area contributed by atoms with Crippen molar-refractivity contribution < 1.29 is 14.7 Å². The third-order valence-corrected chi connectivity index (χ3v) is 12.8. The van der Waals surface area contributed by atoms with Gasteiger partial charge in [-0.3, -0.25) is 4.79 Å². The summed E-state index contributed by atoms with van der Waals surface area (Å²) in [6, 6.07) is 20.2. The lowest BCUT2D eigenvalue weighted by Gasteiger charge is -2.36. The highest BCUT2D eigenvalue weighted by molar-refractivity contribution is 8.02. The molecule has 0 fully saturated rings. The summed E-state index contributed by atoms with van der Waals surface area (Å²) < 4.78 is 0. The predicted octanol–water partition coefficient (Wildman–Crippen LogP) is 2.52. The lowest BCUT2D eigenvalue weighted by Crippen LogP contribution is -2.63. The fourth-order valence-electron chi connectivity index (χ4n) is 3.43. The number of aliphatic carboxylic acids is 1. The molecule has 0 bridgehead atoms. The van der Waals surface area contributed by atoms with E-state index in [2.05, 4.69) is 67.3 Å². The van der Waals surface area contributed by atoms with Gasteiger partial charge in [0.25, 0.3) is 0 Å². The smallest absolute Gasteiger partial charge is 0.327 e. The molecular formula is C21H27NO3SSi. The van der Waals surface area contributed by atoms with Gasteiger partial charge in [-0.2, -0.15) is 11.8 Å². The van der Waals surface area contributed by atoms with Crippen LogP contribution < -0.4 is 15.7 Å². The first-order valence-corrected chi connectivity index (χ1v) is 12.7. The summed E-state index contributed by atoms with van der Waals surface area (Å²) in [6.45, 7) is 5.86. The zero-order valence-electron chi connectivity index (χ0n) is 16.0. The van der Waals surface area contributed by atoms with Gasteiger partial charge in [0.2, 0.25) is 5.91 Å². The molecule has 0 spiro atoms. The molecule has 2 atom stereocenters. The second-order valence-electron chi connectivity index (χ2n) is 6.76. The van der Waals surface area contributed by atoms with Gasteiger partial charge < -0.3 is 10.4 Å². The van der Waals surface area contributed by atoms with E-state index >= 15 is 0 Å². The van der Waals surface area contributed by atoms with Crippen molar-refractivity contribution in [2.75, 3.05) is 5.75 Å². The van der Waals surface area contributed by atoms with Gasteiger partial charge in [-0.1, -0.05) is 84.5 Å². The van der Waals surface area contributed by atoms with Gasteiger partial charge in [-0.15, -0.1) is 0 Å². The summed E-state index contributed by atoms with van der Waals surface area (Å²) >= 11 is 1.66. The molecule has 27 heavy (non-hydrogen) atoms. The number of thioether (sulfide) groups is 1. The van der Waals surface area contributed by atoms with Crippen LogP contribution in [-0.4, -0.2) is 41.7 Å². The Morgan fingerprint density at radius 1 is 1.04 bits per heavy atom. The quantitative estimate of drug-likeness (QED) is 0.634. The van der Waals surface area contributed by atoms with E-state index in [1.165, 1.54) is 17.3 Å². The molecule has 2 rings (SSSR count). The zero-order chi connectivity index (χ0) is 19.9. The number of amides is 1. The fourth-order valence-corrected chi connectivity index (χ4v) is 10.4. The first-order chi connectivity index (χ1) is 12.9. The second-order valence-corrected chi connectivity index (χ2v) is 12.7. The number of hydrogen-bond acceptors (Lipinski definition) is 3. The summed E-state index contributed by atoms with van der Waals surface area (Å²) in [5.41, 5.74) is 0. The molecule has 2 aromatic rings. The van der Waals surface area contributed by atoms with Gasteiger partial charge in [0.05, 0.1) is 0 Å². The van der Waals surface area contributed by atoms with Crippen LogP contribution >= 0.6 is 11.8 Å². The molecule has 0 aliphatic heterocycles. The maximum absolute atomic E-state index is 11.5. The summed E-state index contributed by atoms with van der Waals surface area (Å²) in [5.74, 6) is -0.951. The Morgan fingerprint density at radius 2 is 1.52 bits per heavy atom. The third kappa shape index (κ3) is 5.23. The number of carboxylic acids is 1. The van der Waals surface area contributed by atoms with Crippen molar-refractivity contribution in [2.24, 2.45) is 0 Å². The first kappa shape index (κ1) is 21.2. The van der Waals surface area contributed by atoms with Crippen LogP contribution in [0.4, 0.5) is 0 Å². The molecule has 1 amide bonds. The molecule has 144 valence electrons. The van der Waals surface area contributed by atoms with Crippen LogP contribution in [0.5, 0.6) is 0 Å². The standard InChI is InChI=1S/C21H27NO3SSi/c1-4-20(26-15-19(21(24)25)22-16(2)23)27(3,17-11-7-5-8-12-17)18-13-9-6-10-14-18/h5-14,19-20H,4,15H2,1-3H3,(H,22,23)(H,24,25). The maximum Gasteiger partial charge on any atom is 0.327 e. The molecule has 2 unspecified atom stereocenters. The van der Waals surface area contributed by atoms with Crippen LogP contribution in [0.1, 0.15) is 20.3 Å². The molecule has 0 heterocycles. The third-order valence-electron chi connectivity index (χ3n) is 4.90. The van der Waals surface area contributed by atoms with Crippen LogP contribution in [0.2, 0.25) is 6.55 Å². The van der Waals surface area contributed by atoms with Crippen molar-refractivity contribution in [1.82, 2.24) is 5.32 Å². The SMILES string of the molecule is CCC(SCC(NC(C)=O)C(=O)O)[Si](C)(c1ccccc1)c1ccccc1. The minimum absolute atomic E-state index is 0.290. The van der Waals surface area contributed by atoms with E-state index in [0.29, 0.717) is 5.75 Å². The van der Waals surface area contributed by atoms with Crippen LogP contribution in [-0.2, 0) is 9.59 Å². The molecule has 0 saturated heterocycles. The molecule has 0 saturated carbocycles. The predicted molar refractivity (Wildman–Crippen MR) is 116 cm³/mol. The Bertz CT molecular complexity index is 715. The lowest BCUT2D eigenvalue weighted by molar-refractivity contribution is -0.140. The van der Waals surface area contributed by atoms with E-state index in [9.17, 15) is 14.7 Å². The second kappa shape index (κ2) is 9.76. The van der Waals surface area contributed by atoms with E-state index in [1.807, 2.05) is 12.1 Å². The zero-order valence-corrected chi connectivity index (χ0v) is 17.8. The van der Waals surface area contributed by atoms with Crippen LogP contribution in [0.15, 0.2) is 60.7 Å². The largest absolute Gasteiger partial charge is 0.480 e. The molecule has 2 aromatic carbocycles. The highest BCUT2D eigenvalue weighted by Crippen LogP contribution is 2.26. The van der Waals surface area contributed by atoms with Gasteiger partial charge in [-0.05, 0) is 6.42 Å². The molecule has 0 radical (unpaired) electrons. The molecule has 0 aromatic heterocycles. The van der Waals surface area contributed by atoms with Crippen molar-refractivity contribution in [2.45, 2.75) is 37.7 Å². The van der Waals surface area contributed by atoms with Crippen LogP contribution in [0, 0.1) is 0 Å². The van der Waals surface area contributed by atoms with Gasteiger partial charge in [-0.25, -0.2) is 4.79 Å². The van der Waals surface area contributed by atoms with Crippen molar-refractivity contribution in [3.8, 4) is 0 Å². The van der Waals surface area contributed by atoms with Crippen molar-refractivity contribution in [1.29, 1.82) is 0 Å². The summed E-state index contributed by atoms with van der Waals surface area (Å²) in [5, 5.41) is 14.6. The monoisotopic (exact) mass is 401 g/mol. The average Bonchev–Trinajstić information content (AvgIpc) is 2.68. The van der Waals surface area contributed by atoms with Crippen molar-refractivity contribution in [3.63, 3.8) is 0 Å². The van der Waals surface area contributed by atoms with Gasteiger partial charge in [0, 0.05) is 17.5 Å². The topological polar surface area (TPSA) is 66.4 Å². The number of nitrogens with one attached hydrogen (secondary N) is 1. The van der Waals surface area contributed by atoms with Gasteiger partial charge in [0.15, 0.2) is 0 Å². The Morgan fingerprint density at radius 3 is 1.89 bits per heavy atom. The number of benzene rings is 2. The summed E-state index contributed by atoms with van der Waals surface area (Å²) in [7, 11) is -2.12. The number of carboxylic acid groups (broad SMARTS) is 1. The Hall–Kier alpha value is -2.05. The molecule has 0 aliphatic carbocycles. The minimum atomic E-state index is -2.12. The number of carbonyl (C=O) groups is 2. The van der Waals surface area contributed by atoms with Crippen molar-refractivity contribution in [3.05, 3.63) is 60.7 Å². The van der Waals surface area contributed by atoms with E-state index in [4.69, 9.17) is 0 Å². The molecule has 2 N–H and O–H groups in total. The van der Waals surface area contributed by atoms with E-state index in [1.54, 1.807) is 11.8 Å². The fraction of sp³-hybridized carbons (Fsp3) is 0.333. The summed E-state index contributed by atoms with van der Waals surface area (Å²) in [4.78, 5) is 23.1. The highest BCUT2D eigenvalue weighted by atomic mass is 32.2. The number of carbonyl (C=O) groups excluding carboxylic acids is 1.